The monoisotopic (exact) mass is 298 g/mol. The lowest BCUT2D eigenvalue weighted by Gasteiger charge is -2.08. The number of alkyl halides is 2. The van der Waals surface area contributed by atoms with Crippen molar-refractivity contribution >= 4 is 5.97 Å². The van der Waals surface area contributed by atoms with Gasteiger partial charge >= 0.3 is 12.6 Å². The van der Waals surface area contributed by atoms with Gasteiger partial charge < -0.3 is 14.9 Å². The summed E-state index contributed by atoms with van der Waals surface area (Å²) in [5.74, 6) is -1.22. The maximum absolute atomic E-state index is 12.1. The third-order valence-electron chi connectivity index (χ3n) is 2.83. The Morgan fingerprint density at radius 1 is 1.38 bits per heavy atom. The van der Waals surface area contributed by atoms with Crippen molar-refractivity contribution in [2.75, 3.05) is 0 Å². The van der Waals surface area contributed by atoms with Gasteiger partial charge in [-0.1, -0.05) is 0 Å². The number of aromatic nitrogens is 2. The lowest BCUT2D eigenvalue weighted by molar-refractivity contribution is -0.0498. The fourth-order valence-electron chi connectivity index (χ4n) is 1.98. The fourth-order valence-corrected chi connectivity index (χ4v) is 1.98. The maximum atomic E-state index is 12.1. The molecule has 0 spiro atoms. The van der Waals surface area contributed by atoms with Gasteiger partial charge in [0.2, 0.25) is 0 Å². The second-order valence-corrected chi connectivity index (χ2v) is 4.15. The van der Waals surface area contributed by atoms with Gasteiger partial charge in [-0.25, -0.2) is 9.48 Å². The van der Waals surface area contributed by atoms with E-state index in [9.17, 15) is 18.7 Å². The van der Waals surface area contributed by atoms with Crippen LogP contribution in [-0.4, -0.2) is 32.6 Å². The lowest BCUT2D eigenvalue weighted by Crippen LogP contribution is -2.07. The predicted octanol–water partition coefficient (Wildman–Crippen LogP) is 1.97. The first-order chi connectivity index (χ1) is 9.93. The molecule has 0 saturated heterocycles. The number of nitrogens with zero attached hydrogens (tertiary/aromatic N) is 2. The summed E-state index contributed by atoms with van der Waals surface area (Å²) in [4.78, 5) is 11.2. The van der Waals surface area contributed by atoms with E-state index in [0.717, 1.165) is 0 Å². The van der Waals surface area contributed by atoms with Gasteiger partial charge in [-0.2, -0.15) is 13.9 Å². The first-order valence-electron chi connectivity index (χ1n) is 5.92. The Morgan fingerprint density at radius 2 is 2.00 bits per heavy atom. The SMILES string of the molecule is Cc1nn(-c2ccc(OC(F)F)cc2)c(CO)c1C(=O)O. The van der Waals surface area contributed by atoms with Crippen LogP contribution in [0.2, 0.25) is 0 Å². The summed E-state index contributed by atoms with van der Waals surface area (Å²) in [6.07, 6.45) is 0. The van der Waals surface area contributed by atoms with Crippen LogP contribution in [0.15, 0.2) is 24.3 Å². The van der Waals surface area contributed by atoms with Gasteiger partial charge in [0.15, 0.2) is 0 Å². The molecule has 0 radical (unpaired) electrons. The molecule has 0 unspecified atom stereocenters. The van der Waals surface area contributed by atoms with Gasteiger partial charge in [-0.15, -0.1) is 0 Å². The summed E-state index contributed by atoms with van der Waals surface area (Å²) >= 11 is 0. The average Bonchev–Trinajstić information content (AvgIpc) is 2.75. The van der Waals surface area contributed by atoms with E-state index >= 15 is 0 Å². The van der Waals surface area contributed by atoms with Crippen molar-refractivity contribution in [1.29, 1.82) is 0 Å². The summed E-state index contributed by atoms with van der Waals surface area (Å²) in [6, 6.07) is 5.49. The molecule has 0 aliphatic rings. The van der Waals surface area contributed by atoms with Gasteiger partial charge in [0.25, 0.3) is 0 Å². The van der Waals surface area contributed by atoms with E-state index in [0.29, 0.717) is 5.69 Å². The van der Waals surface area contributed by atoms with Crippen LogP contribution >= 0.6 is 0 Å². The average molecular weight is 298 g/mol. The molecule has 0 bridgehead atoms. The van der Waals surface area contributed by atoms with Crippen molar-refractivity contribution < 1.29 is 28.5 Å². The van der Waals surface area contributed by atoms with E-state index in [4.69, 9.17) is 5.11 Å². The first-order valence-corrected chi connectivity index (χ1v) is 5.92. The highest BCUT2D eigenvalue weighted by Gasteiger charge is 2.21. The minimum atomic E-state index is -2.92. The summed E-state index contributed by atoms with van der Waals surface area (Å²) in [5, 5.41) is 22.5. The van der Waals surface area contributed by atoms with Gasteiger partial charge in [-0.05, 0) is 31.2 Å². The molecule has 2 aromatic rings. The van der Waals surface area contributed by atoms with E-state index in [1.54, 1.807) is 0 Å². The number of rotatable bonds is 5. The molecular weight excluding hydrogens is 286 g/mol. The minimum Gasteiger partial charge on any atom is -0.478 e. The van der Waals surface area contributed by atoms with Crippen molar-refractivity contribution in [3.63, 3.8) is 0 Å². The van der Waals surface area contributed by atoms with Crippen LogP contribution in [0.25, 0.3) is 5.69 Å². The molecule has 1 heterocycles. The van der Waals surface area contributed by atoms with E-state index in [1.165, 1.54) is 35.9 Å². The number of aryl methyl sites for hydroxylation is 1. The Bertz CT molecular complexity index is 653. The van der Waals surface area contributed by atoms with Gasteiger partial charge in [0, 0.05) is 0 Å². The number of halogens is 2. The molecule has 6 nitrogen and oxygen atoms in total. The first kappa shape index (κ1) is 14.9. The van der Waals surface area contributed by atoms with Crippen molar-refractivity contribution in [1.82, 2.24) is 9.78 Å². The molecule has 0 fully saturated rings. The number of aliphatic hydroxyl groups excluding tert-OH is 1. The third-order valence-corrected chi connectivity index (χ3v) is 2.83. The second-order valence-electron chi connectivity index (χ2n) is 4.15. The highest BCUT2D eigenvalue weighted by Crippen LogP contribution is 2.21. The smallest absolute Gasteiger partial charge is 0.387 e. The molecule has 21 heavy (non-hydrogen) atoms. The number of carboxylic acids is 1. The van der Waals surface area contributed by atoms with Crippen molar-refractivity contribution in [3.05, 3.63) is 41.2 Å². The van der Waals surface area contributed by atoms with Crippen LogP contribution in [0.1, 0.15) is 21.7 Å². The van der Waals surface area contributed by atoms with Gasteiger partial charge in [0.05, 0.1) is 23.7 Å². The second kappa shape index (κ2) is 5.88. The molecule has 1 aromatic heterocycles. The summed E-state index contributed by atoms with van der Waals surface area (Å²) in [5.41, 5.74) is 0.712. The lowest BCUT2D eigenvalue weighted by atomic mass is 10.2. The zero-order valence-corrected chi connectivity index (χ0v) is 11.0. The standard InChI is InChI=1S/C13H12F2N2O4/c1-7-11(12(19)20)10(6-18)17(16-7)8-2-4-9(5-3-8)21-13(14)15/h2-5,13,18H,6H2,1H3,(H,19,20). The van der Waals surface area contributed by atoms with Crippen molar-refractivity contribution in [2.24, 2.45) is 0 Å². The zero-order valence-electron chi connectivity index (χ0n) is 11.0. The highest BCUT2D eigenvalue weighted by molar-refractivity contribution is 5.90. The van der Waals surface area contributed by atoms with Crippen molar-refractivity contribution in [3.8, 4) is 11.4 Å². The molecule has 0 saturated carbocycles. The quantitative estimate of drug-likeness (QED) is 0.881. The van der Waals surface area contributed by atoms with Crippen LogP contribution < -0.4 is 4.74 Å². The third kappa shape index (κ3) is 3.00. The van der Waals surface area contributed by atoms with Crippen LogP contribution in [0, 0.1) is 6.92 Å². The number of carbonyl (C=O) groups is 1. The summed E-state index contributed by atoms with van der Waals surface area (Å²) < 4.78 is 29.6. The zero-order chi connectivity index (χ0) is 15.6. The minimum absolute atomic E-state index is 0.0263. The van der Waals surface area contributed by atoms with Crippen molar-refractivity contribution in [2.45, 2.75) is 20.1 Å². The Labute approximate surface area is 118 Å². The normalized spacial score (nSPS) is 10.9. The molecule has 2 rings (SSSR count). The van der Waals surface area contributed by atoms with E-state index in [-0.39, 0.29) is 22.7 Å². The topological polar surface area (TPSA) is 84.6 Å². The molecule has 0 aliphatic carbocycles. The predicted molar refractivity (Wildman–Crippen MR) is 67.8 cm³/mol. The fraction of sp³-hybridized carbons (Fsp3) is 0.231. The molecule has 112 valence electrons. The Kier molecular flexibility index (Phi) is 4.18. The van der Waals surface area contributed by atoms with Crippen LogP contribution in [-0.2, 0) is 6.61 Å². The van der Waals surface area contributed by atoms with Gasteiger partial charge in [0.1, 0.15) is 11.3 Å². The summed E-state index contributed by atoms with van der Waals surface area (Å²) in [6.45, 7) is -1.93. The molecule has 0 amide bonds. The molecule has 8 heteroatoms. The number of hydrogen-bond acceptors (Lipinski definition) is 4. The molecule has 0 aliphatic heterocycles. The number of ether oxygens (including phenoxy) is 1. The van der Waals surface area contributed by atoms with Gasteiger partial charge in [-0.3, -0.25) is 0 Å². The van der Waals surface area contributed by atoms with Crippen LogP contribution in [0.5, 0.6) is 5.75 Å². The number of carboxylic acid groups (broad SMARTS) is 1. The highest BCUT2D eigenvalue weighted by atomic mass is 19.3. The number of hydrogen-bond donors (Lipinski definition) is 2. The summed E-state index contributed by atoms with van der Waals surface area (Å²) in [7, 11) is 0. The van der Waals surface area contributed by atoms with E-state index in [2.05, 4.69) is 9.84 Å². The molecular formula is C13H12F2N2O4. The van der Waals surface area contributed by atoms with Crippen LogP contribution in [0.3, 0.4) is 0 Å². The Hall–Kier alpha value is -2.48. The number of aromatic carboxylic acids is 1. The van der Waals surface area contributed by atoms with E-state index in [1.807, 2.05) is 0 Å². The molecule has 0 atom stereocenters. The number of benzene rings is 1. The largest absolute Gasteiger partial charge is 0.478 e. The van der Waals surface area contributed by atoms with Crippen LogP contribution in [0.4, 0.5) is 8.78 Å². The Balaban J connectivity index is 2.42. The molecule has 2 N–H and O–H groups in total. The Morgan fingerprint density at radius 3 is 2.48 bits per heavy atom. The maximum Gasteiger partial charge on any atom is 0.387 e. The number of aliphatic hydroxyl groups is 1. The van der Waals surface area contributed by atoms with E-state index < -0.39 is 19.2 Å². The molecule has 1 aromatic carbocycles.